The molecule has 2 aromatic rings. The zero-order chi connectivity index (χ0) is 27.2. The summed E-state index contributed by atoms with van der Waals surface area (Å²) < 4.78 is 0. The number of hydrogen-bond acceptors (Lipinski definition) is 4. The summed E-state index contributed by atoms with van der Waals surface area (Å²) in [7, 11) is 0. The van der Waals surface area contributed by atoms with E-state index in [0.29, 0.717) is 5.92 Å². The number of rotatable bonds is 5. The molecule has 3 atom stereocenters. The molecule has 0 amide bonds. The lowest BCUT2D eigenvalue weighted by atomic mass is 9.81. The van der Waals surface area contributed by atoms with Crippen molar-refractivity contribution in [2.75, 3.05) is 13.1 Å². The molecular formula is C33H54N4. The van der Waals surface area contributed by atoms with Gasteiger partial charge in [-0.2, -0.15) is 0 Å². The van der Waals surface area contributed by atoms with E-state index in [4.69, 9.17) is 0 Å². The Morgan fingerprint density at radius 3 is 2.11 bits per heavy atom. The number of likely N-dealkylation sites (tertiary alicyclic amines) is 1. The lowest BCUT2D eigenvalue weighted by Gasteiger charge is -2.27. The summed E-state index contributed by atoms with van der Waals surface area (Å²) in [5.41, 5.74) is 17.7. The summed E-state index contributed by atoms with van der Waals surface area (Å²) in [6.07, 6.45) is 7.50. The maximum Gasteiger partial charge on any atom is 0.0832 e. The van der Waals surface area contributed by atoms with Gasteiger partial charge in [0.25, 0.3) is 0 Å². The van der Waals surface area contributed by atoms with Crippen LogP contribution in [0.4, 0.5) is 0 Å². The van der Waals surface area contributed by atoms with Crippen molar-refractivity contribution < 1.29 is 0 Å². The van der Waals surface area contributed by atoms with Crippen LogP contribution in [-0.2, 0) is 6.42 Å². The van der Waals surface area contributed by atoms with E-state index in [2.05, 4.69) is 97.5 Å². The van der Waals surface area contributed by atoms with Crippen molar-refractivity contribution >= 4 is 11.4 Å². The summed E-state index contributed by atoms with van der Waals surface area (Å²) in [6.45, 7) is 19.5. The highest BCUT2D eigenvalue weighted by Crippen LogP contribution is 2.39. The molecule has 3 N–H and O–H groups in total. The Labute approximate surface area is 228 Å². The molecule has 2 heterocycles. The van der Waals surface area contributed by atoms with Crippen LogP contribution in [0.2, 0.25) is 0 Å². The number of hydrazine groups is 2. The van der Waals surface area contributed by atoms with Gasteiger partial charge in [0.1, 0.15) is 0 Å². The molecule has 4 heteroatoms. The predicted molar refractivity (Wildman–Crippen MR) is 163 cm³/mol. The number of nitrogens with one attached hydrogen (secondary N) is 3. The standard InChI is InChI=1S/C26H34N4.C3H8.2C2H6/c1-3-21-15-18(2)17-30(21)14-8-10-19-16-20-9-4-5-12-23(20)25-26(28-29-27-25)24-13-7-6-11-22(19)24;1-3-2;2*1-2/h4-7,9,11-13,18-19,21,27-29H,3,8,10,14-17H2,1-2H3;3H2,1-2H3;2*1-2H3. The van der Waals surface area contributed by atoms with E-state index in [1.165, 1.54) is 73.1 Å². The van der Waals surface area contributed by atoms with Gasteiger partial charge in [0, 0.05) is 23.7 Å². The molecule has 1 aliphatic carbocycles. The summed E-state index contributed by atoms with van der Waals surface area (Å²) in [5, 5.41) is 0. The third-order valence-corrected chi connectivity index (χ3v) is 7.25. The second-order valence-electron chi connectivity index (χ2n) is 10.0. The number of benzene rings is 2. The average molecular weight is 507 g/mol. The van der Waals surface area contributed by atoms with Crippen LogP contribution in [0.25, 0.3) is 11.4 Å². The summed E-state index contributed by atoms with van der Waals surface area (Å²) >= 11 is 0. The molecule has 206 valence electrons. The molecular weight excluding hydrogens is 452 g/mol. The van der Waals surface area contributed by atoms with Crippen molar-refractivity contribution in [1.29, 1.82) is 0 Å². The molecule has 0 radical (unpaired) electrons. The molecule has 3 unspecified atom stereocenters. The molecule has 0 saturated carbocycles. The van der Waals surface area contributed by atoms with Crippen LogP contribution < -0.4 is 16.4 Å². The second kappa shape index (κ2) is 16.5. The van der Waals surface area contributed by atoms with Gasteiger partial charge in [-0.3, -0.25) is 0 Å². The van der Waals surface area contributed by atoms with Crippen molar-refractivity contribution in [2.24, 2.45) is 5.92 Å². The van der Waals surface area contributed by atoms with Gasteiger partial charge in [0.05, 0.1) is 11.4 Å². The first-order chi connectivity index (χ1) is 18.2. The molecule has 2 aliphatic heterocycles. The van der Waals surface area contributed by atoms with Gasteiger partial charge in [0.2, 0.25) is 0 Å². The maximum absolute atomic E-state index is 3.37. The smallest absolute Gasteiger partial charge is 0.0832 e. The minimum absolute atomic E-state index is 0.541. The van der Waals surface area contributed by atoms with Gasteiger partial charge in [-0.05, 0) is 61.6 Å². The Morgan fingerprint density at radius 1 is 0.838 bits per heavy atom. The molecule has 0 spiro atoms. The van der Waals surface area contributed by atoms with E-state index in [1.807, 2.05) is 27.7 Å². The molecule has 4 nitrogen and oxygen atoms in total. The van der Waals surface area contributed by atoms with Crippen LogP contribution in [0.1, 0.15) is 116 Å². The predicted octanol–water partition coefficient (Wildman–Crippen LogP) is 8.13. The minimum atomic E-state index is 0.541. The molecule has 3 aliphatic rings. The molecule has 5 rings (SSSR count). The first-order valence-corrected chi connectivity index (χ1v) is 15.1. The first kappa shape index (κ1) is 30.9. The normalized spacial score (nSPS) is 21.6. The minimum Gasteiger partial charge on any atom is -0.301 e. The van der Waals surface area contributed by atoms with Crippen molar-refractivity contribution in [3.63, 3.8) is 0 Å². The van der Waals surface area contributed by atoms with Gasteiger partial charge in [-0.25, -0.2) is 0 Å². The van der Waals surface area contributed by atoms with E-state index < -0.39 is 0 Å². The van der Waals surface area contributed by atoms with Crippen molar-refractivity contribution in [3.05, 3.63) is 70.8 Å². The summed E-state index contributed by atoms with van der Waals surface area (Å²) in [5.74, 6) is 1.39. The Balaban J connectivity index is 0.000000630. The molecule has 0 aromatic heterocycles. The summed E-state index contributed by atoms with van der Waals surface area (Å²) in [4.78, 5) is 2.75. The molecule has 37 heavy (non-hydrogen) atoms. The Bertz CT molecular complexity index is 951. The van der Waals surface area contributed by atoms with E-state index in [1.54, 1.807) is 0 Å². The van der Waals surface area contributed by atoms with Crippen LogP contribution in [0, 0.1) is 5.92 Å². The fourth-order valence-electron chi connectivity index (χ4n) is 5.82. The molecule has 1 saturated heterocycles. The van der Waals surface area contributed by atoms with Gasteiger partial charge in [-0.1, -0.05) is 110 Å². The quantitative estimate of drug-likeness (QED) is 0.383. The van der Waals surface area contributed by atoms with E-state index in [0.717, 1.165) is 24.1 Å². The van der Waals surface area contributed by atoms with E-state index in [9.17, 15) is 0 Å². The van der Waals surface area contributed by atoms with E-state index >= 15 is 0 Å². The van der Waals surface area contributed by atoms with Gasteiger partial charge in [0.15, 0.2) is 0 Å². The van der Waals surface area contributed by atoms with Crippen LogP contribution in [0.15, 0.2) is 48.5 Å². The fourth-order valence-corrected chi connectivity index (χ4v) is 5.82. The maximum atomic E-state index is 3.37. The number of fused-ring (bicyclic) bond motifs is 4. The monoisotopic (exact) mass is 506 g/mol. The Hall–Kier alpha value is -2.30. The largest absolute Gasteiger partial charge is 0.301 e. The van der Waals surface area contributed by atoms with E-state index in [-0.39, 0.29) is 0 Å². The van der Waals surface area contributed by atoms with Crippen LogP contribution >= 0.6 is 0 Å². The lowest BCUT2D eigenvalue weighted by Crippen LogP contribution is -2.32. The number of nitrogens with zero attached hydrogens (tertiary/aromatic N) is 1. The highest BCUT2D eigenvalue weighted by molar-refractivity contribution is 5.92. The third-order valence-electron chi connectivity index (χ3n) is 7.25. The summed E-state index contributed by atoms with van der Waals surface area (Å²) in [6, 6.07) is 18.6. The van der Waals surface area contributed by atoms with Gasteiger partial charge >= 0.3 is 0 Å². The second-order valence-corrected chi connectivity index (χ2v) is 10.0. The van der Waals surface area contributed by atoms with Crippen molar-refractivity contribution in [3.8, 4) is 0 Å². The molecule has 1 fully saturated rings. The number of hydrogen-bond donors (Lipinski definition) is 3. The molecule has 0 bridgehead atoms. The zero-order valence-electron chi connectivity index (χ0n) is 25.0. The Kier molecular flexibility index (Phi) is 13.8. The zero-order valence-corrected chi connectivity index (χ0v) is 25.0. The van der Waals surface area contributed by atoms with Crippen molar-refractivity contribution in [1.82, 2.24) is 21.3 Å². The lowest BCUT2D eigenvalue weighted by molar-refractivity contribution is 0.238. The van der Waals surface area contributed by atoms with Crippen LogP contribution in [0.5, 0.6) is 0 Å². The van der Waals surface area contributed by atoms with Crippen LogP contribution in [0.3, 0.4) is 0 Å². The fraction of sp³-hybridized carbons (Fsp3) is 0.576. The topological polar surface area (TPSA) is 39.3 Å². The van der Waals surface area contributed by atoms with Gasteiger partial charge < -0.3 is 15.8 Å². The Morgan fingerprint density at radius 2 is 1.43 bits per heavy atom. The first-order valence-electron chi connectivity index (χ1n) is 15.1. The highest BCUT2D eigenvalue weighted by Gasteiger charge is 2.30. The van der Waals surface area contributed by atoms with Gasteiger partial charge in [-0.15, -0.1) is 5.53 Å². The van der Waals surface area contributed by atoms with Crippen molar-refractivity contribution in [2.45, 2.75) is 106 Å². The SMILES string of the molecule is CC.CC.CCC.CCC1CC(C)CN1CCCC1Cc2ccccc2C2=C(NNN2)c2ccccc21. The highest BCUT2D eigenvalue weighted by atomic mass is 15.6. The molecule has 2 aromatic carbocycles. The van der Waals surface area contributed by atoms with Crippen LogP contribution in [-0.4, -0.2) is 24.0 Å². The average Bonchev–Trinajstić information content (AvgIpc) is 3.56. The third kappa shape index (κ3) is 7.85.